The number of methoxy groups -OCH3 is 1. The average molecular weight is 399 g/mol. The number of hydrogen-bond acceptors (Lipinski definition) is 3. The maximum absolute atomic E-state index is 13.8. The monoisotopic (exact) mass is 398 g/mol. The van der Waals surface area contributed by atoms with Crippen LogP contribution in [0.2, 0.25) is 0 Å². The molecular formula is C24H31FN2O2. The number of amides is 1. The molecule has 3 rings (SSSR count). The lowest BCUT2D eigenvalue weighted by Crippen LogP contribution is -2.40. The van der Waals surface area contributed by atoms with Gasteiger partial charge in [0, 0.05) is 20.1 Å². The van der Waals surface area contributed by atoms with Crippen LogP contribution in [0.5, 0.6) is 5.75 Å². The summed E-state index contributed by atoms with van der Waals surface area (Å²) in [5.74, 6) is 1.33. The number of carbonyl (C=O) groups is 1. The van der Waals surface area contributed by atoms with Gasteiger partial charge < -0.3 is 14.5 Å². The highest BCUT2D eigenvalue weighted by Gasteiger charge is 2.22. The molecule has 156 valence electrons. The summed E-state index contributed by atoms with van der Waals surface area (Å²) in [7, 11) is 3.53. The van der Waals surface area contributed by atoms with Gasteiger partial charge in [-0.1, -0.05) is 30.3 Å². The summed E-state index contributed by atoms with van der Waals surface area (Å²) in [4.78, 5) is 16.8. The normalized spacial score (nSPS) is 15.3. The molecular weight excluding hydrogens is 367 g/mol. The van der Waals surface area contributed by atoms with Gasteiger partial charge in [-0.2, -0.15) is 0 Å². The molecule has 0 aliphatic carbocycles. The summed E-state index contributed by atoms with van der Waals surface area (Å²) in [5, 5.41) is 0. The number of likely N-dealkylation sites (N-methyl/N-ethyl adjacent to an activating group) is 1. The van der Waals surface area contributed by atoms with Gasteiger partial charge in [0.05, 0.1) is 13.5 Å². The summed E-state index contributed by atoms with van der Waals surface area (Å²) in [6.45, 7) is 3.70. The van der Waals surface area contributed by atoms with Crippen molar-refractivity contribution in [2.24, 2.45) is 5.92 Å². The van der Waals surface area contributed by atoms with Gasteiger partial charge in [0.2, 0.25) is 5.91 Å². The molecule has 29 heavy (non-hydrogen) atoms. The van der Waals surface area contributed by atoms with E-state index in [0.717, 1.165) is 62.3 Å². The Labute approximate surface area is 173 Å². The van der Waals surface area contributed by atoms with E-state index in [0.29, 0.717) is 12.3 Å². The van der Waals surface area contributed by atoms with Crippen molar-refractivity contribution in [3.63, 3.8) is 0 Å². The number of nitrogens with zero attached hydrogens (tertiary/aromatic N) is 2. The summed E-state index contributed by atoms with van der Waals surface area (Å²) in [6.07, 6.45) is 3.30. The Balaban J connectivity index is 1.40. The first-order chi connectivity index (χ1) is 14.0. The van der Waals surface area contributed by atoms with Crippen molar-refractivity contribution < 1.29 is 13.9 Å². The second-order valence-corrected chi connectivity index (χ2v) is 7.93. The Kier molecular flexibility index (Phi) is 7.64. The number of hydrogen-bond donors (Lipinski definition) is 0. The molecule has 0 spiro atoms. The first-order valence-corrected chi connectivity index (χ1v) is 10.4. The lowest BCUT2D eigenvalue weighted by molar-refractivity contribution is -0.129. The largest absolute Gasteiger partial charge is 0.497 e. The van der Waals surface area contributed by atoms with E-state index in [1.165, 1.54) is 6.07 Å². The standard InChI is InChI=1S/C24H31FN2O2/c1-26(24(28)17-20-6-5-8-22(16-20)29-2)18-19-10-13-27(14-11-19)15-12-21-7-3-4-9-23(21)25/h3-9,16,19H,10-15,17-18H2,1-2H3. The highest BCUT2D eigenvalue weighted by molar-refractivity contribution is 5.78. The molecule has 1 aliphatic rings. The first-order valence-electron chi connectivity index (χ1n) is 10.4. The van der Waals surface area contributed by atoms with E-state index in [4.69, 9.17) is 4.74 Å². The molecule has 4 nitrogen and oxygen atoms in total. The van der Waals surface area contributed by atoms with E-state index in [9.17, 15) is 9.18 Å². The third-order valence-electron chi connectivity index (χ3n) is 5.81. The zero-order valence-electron chi connectivity index (χ0n) is 17.4. The predicted molar refractivity (Wildman–Crippen MR) is 114 cm³/mol. The van der Waals surface area contributed by atoms with Crippen LogP contribution in [0.1, 0.15) is 24.0 Å². The first kappa shape index (κ1) is 21.3. The maximum atomic E-state index is 13.8. The van der Waals surface area contributed by atoms with Gasteiger partial charge in [-0.05, 0) is 67.6 Å². The van der Waals surface area contributed by atoms with Crippen molar-refractivity contribution >= 4 is 5.91 Å². The summed E-state index contributed by atoms with van der Waals surface area (Å²) < 4.78 is 19.0. The lowest BCUT2D eigenvalue weighted by Gasteiger charge is -2.34. The van der Waals surface area contributed by atoms with E-state index < -0.39 is 0 Å². The number of likely N-dealkylation sites (tertiary alicyclic amines) is 1. The van der Waals surface area contributed by atoms with Crippen molar-refractivity contribution in [1.82, 2.24) is 9.80 Å². The second kappa shape index (κ2) is 10.4. The van der Waals surface area contributed by atoms with Gasteiger partial charge in [0.1, 0.15) is 11.6 Å². The maximum Gasteiger partial charge on any atom is 0.226 e. The highest BCUT2D eigenvalue weighted by atomic mass is 19.1. The van der Waals surface area contributed by atoms with E-state index >= 15 is 0 Å². The second-order valence-electron chi connectivity index (χ2n) is 7.93. The number of halogens is 1. The Hall–Kier alpha value is -2.40. The molecule has 0 bridgehead atoms. The minimum atomic E-state index is -0.112. The molecule has 1 saturated heterocycles. The number of benzene rings is 2. The minimum absolute atomic E-state index is 0.112. The predicted octanol–water partition coefficient (Wildman–Crippen LogP) is 3.79. The number of rotatable bonds is 8. The molecule has 0 N–H and O–H groups in total. The van der Waals surface area contributed by atoms with Gasteiger partial charge in [-0.15, -0.1) is 0 Å². The molecule has 0 atom stereocenters. The van der Waals surface area contributed by atoms with Crippen LogP contribution >= 0.6 is 0 Å². The van der Waals surface area contributed by atoms with Crippen LogP contribution in [0, 0.1) is 11.7 Å². The third-order valence-corrected chi connectivity index (χ3v) is 5.81. The molecule has 0 aromatic heterocycles. The Morgan fingerprint density at radius 2 is 1.93 bits per heavy atom. The molecule has 5 heteroatoms. The van der Waals surface area contributed by atoms with E-state index in [1.807, 2.05) is 48.3 Å². The molecule has 0 radical (unpaired) electrons. The van der Waals surface area contributed by atoms with Crippen molar-refractivity contribution in [3.05, 3.63) is 65.5 Å². The minimum Gasteiger partial charge on any atom is -0.497 e. The van der Waals surface area contributed by atoms with Crippen molar-refractivity contribution in [1.29, 1.82) is 0 Å². The molecule has 2 aromatic rings. The van der Waals surface area contributed by atoms with E-state index in [1.54, 1.807) is 13.2 Å². The molecule has 1 fully saturated rings. The fraction of sp³-hybridized carbons (Fsp3) is 0.458. The Morgan fingerprint density at radius 3 is 2.66 bits per heavy atom. The van der Waals surface area contributed by atoms with Crippen LogP contribution in [-0.4, -0.2) is 56.0 Å². The van der Waals surface area contributed by atoms with Crippen LogP contribution < -0.4 is 4.74 Å². The lowest BCUT2D eigenvalue weighted by atomic mass is 9.95. The fourth-order valence-electron chi connectivity index (χ4n) is 3.95. The molecule has 1 amide bonds. The highest BCUT2D eigenvalue weighted by Crippen LogP contribution is 2.20. The topological polar surface area (TPSA) is 32.8 Å². The summed E-state index contributed by atoms with van der Waals surface area (Å²) in [6, 6.07) is 14.7. The van der Waals surface area contributed by atoms with Crippen molar-refractivity contribution in [2.75, 3.05) is 40.3 Å². The number of ether oxygens (including phenoxy) is 1. The van der Waals surface area contributed by atoms with Crippen LogP contribution in [0.25, 0.3) is 0 Å². The van der Waals surface area contributed by atoms with Crippen molar-refractivity contribution in [2.45, 2.75) is 25.7 Å². The van der Waals surface area contributed by atoms with E-state index in [-0.39, 0.29) is 11.7 Å². The summed E-state index contributed by atoms with van der Waals surface area (Å²) in [5.41, 5.74) is 1.77. The zero-order chi connectivity index (χ0) is 20.6. The molecule has 2 aromatic carbocycles. The quantitative estimate of drug-likeness (QED) is 0.678. The summed E-state index contributed by atoms with van der Waals surface area (Å²) >= 11 is 0. The third kappa shape index (κ3) is 6.29. The van der Waals surface area contributed by atoms with E-state index in [2.05, 4.69) is 4.90 Å². The van der Waals surface area contributed by atoms with Gasteiger partial charge >= 0.3 is 0 Å². The Bertz CT molecular complexity index is 803. The average Bonchev–Trinajstić information content (AvgIpc) is 2.74. The smallest absolute Gasteiger partial charge is 0.226 e. The molecule has 1 heterocycles. The van der Waals surface area contributed by atoms with Crippen LogP contribution in [0.3, 0.4) is 0 Å². The van der Waals surface area contributed by atoms with Crippen LogP contribution in [0.15, 0.2) is 48.5 Å². The number of carbonyl (C=O) groups excluding carboxylic acids is 1. The van der Waals surface area contributed by atoms with Gasteiger partial charge in [0.15, 0.2) is 0 Å². The van der Waals surface area contributed by atoms with Crippen LogP contribution in [-0.2, 0) is 17.6 Å². The van der Waals surface area contributed by atoms with Gasteiger partial charge in [-0.3, -0.25) is 4.79 Å². The molecule has 0 unspecified atom stereocenters. The zero-order valence-corrected chi connectivity index (χ0v) is 17.4. The van der Waals surface area contributed by atoms with Crippen molar-refractivity contribution in [3.8, 4) is 5.75 Å². The Morgan fingerprint density at radius 1 is 1.17 bits per heavy atom. The molecule has 1 aliphatic heterocycles. The fourth-order valence-corrected chi connectivity index (χ4v) is 3.95. The molecule has 0 saturated carbocycles. The number of piperidine rings is 1. The van der Waals surface area contributed by atoms with Gasteiger partial charge in [0.25, 0.3) is 0 Å². The van der Waals surface area contributed by atoms with Crippen LogP contribution in [0.4, 0.5) is 4.39 Å². The van der Waals surface area contributed by atoms with Gasteiger partial charge in [-0.25, -0.2) is 4.39 Å². The SMILES string of the molecule is COc1cccc(CC(=O)N(C)CC2CCN(CCc3ccccc3F)CC2)c1.